The summed E-state index contributed by atoms with van der Waals surface area (Å²) in [6.07, 6.45) is 1.20. The molecule has 3 heteroatoms. The van der Waals surface area contributed by atoms with Crippen LogP contribution in [0.1, 0.15) is 30.4 Å². The van der Waals surface area contributed by atoms with Crippen LogP contribution in [0.15, 0.2) is 12.1 Å². The van der Waals surface area contributed by atoms with Gasteiger partial charge in [-0.3, -0.25) is 0 Å². The molecule has 1 aliphatic carbocycles. The predicted molar refractivity (Wildman–Crippen MR) is 73.7 cm³/mol. The van der Waals surface area contributed by atoms with Gasteiger partial charge in [-0.25, -0.2) is 0 Å². The van der Waals surface area contributed by atoms with E-state index in [1.165, 1.54) is 17.5 Å². The molecule has 100 valence electrons. The Morgan fingerprint density at radius 1 is 1.17 bits per heavy atom. The molecular weight excluding hydrogens is 226 g/mol. The Kier molecular flexibility index (Phi) is 3.81. The van der Waals surface area contributed by atoms with E-state index < -0.39 is 0 Å². The lowest BCUT2D eigenvalue weighted by atomic mass is 9.66. The maximum Gasteiger partial charge on any atom is 0.161 e. The first kappa shape index (κ1) is 13.2. The van der Waals surface area contributed by atoms with E-state index >= 15 is 0 Å². The van der Waals surface area contributed by atoms with Crippen molar-refractivity contribution in [3.8, 4) is 11.5 Å². The van der Waals surface area contributed by atoms with Crippen molar-refractivity contribution >= 4 is 0 Å². The van der Waals surface area contributed by atoms with Gasteiger partial charge in [0.05, 0.1) is 14.2 Å². The van der Waals surface area contributed by atoms with Crippen LogP contribution in [0.2, 0.25) is 0 Å². The van der Waals surface area contributed by atoms with Gasteiger partial charge >= 0.3 is 0 Å². The van der Waals surface area contributed by atoms with Crippen LogP contribution in [0.3, 0.4) is 0 Å². The maximum absolute atomic E-state index is 5.40. The molecule has 0 aromatic heterocycles. The van der Waals surface area contributed by atoms with E-state index in [0.717, 1.165) is 11.5 Å². The molecule has 1 fully saturated rings. The summed E-state index contributed by atoms with van der Waals surface area (Å²) in [6, 6.07) is 4.86. The highest BCUT2D eigenvalue weighted by atomic mass is 16.5. The van der Waals surface area contributed by atoms with E-state index in [-0.39, 0.29) is 0 Å². The normalized spacial score (nSPS) is 26.6. The molecule has 0 bridgehead atoms. The number of hydrogen-bond acceptors (Lipinski definition) is 3. The lowest BCUT2D eigenvalue weighted by molar-refractivity contribution is 0.193. The number of methoxy groups -OCH3 is 2. The molecule has 0 radical (unpaired) electrons. The summed E-state index contributed by atoms with van der Waals surface area (Å²) >= 11 is 0. The zero-order chi connectivity index (χ0) is 13.3. The highest BCUT2D eigenvalue weighted by Crippen LogP contribution is 2.45. The van der Waals surface area contributed by atoms with Crippen LogP contribution in [0.4, 0.5) is 0 Å². The van der Waals surface area contributed by atoms with E-state index in [0.29, 0.717) is 17.9 Å². The zero-order valence-electron chi connectivity index (χ0n) is 11.9. The van der Waals surface area contributed by atoms with E-state index in [1.807, 2.05) is 7.05 Å². The second-order valence-electron chi connectivity index (χ2n) is 5.16. The lowest BCUT2D eigenvalue weighted by Crippen LogP contribution is -2.46. The van der Waals surface area contributed by atoms with Gasteiger partial charge in [0.2, 0.25) is 0 Å². The minimum absolute atomic E-state index is 0.627. The molecule has 1 saturated carbocycles. The summed E-state index contributed by atoms with van der Waals surface area (Å²) in [4.78, 5) is 0. The van der Waals surface area contributed by atoms with Crippen LogP contribution in [0.25, 0.3) is 0 Å². The van der Waals surface area contributed by atoms with Crippen LogP contribution in [-0.4, -0.2) is 27.3 Å². The van der Waals surface area contributed by atoms with E-state index in [2.05, 4.69) is 31.3 Å². The molecule has 2 rings (SSSR count). The molecule has 1 N–H and O–H groups in total. The summed E-state index contributed by atoms with van der Waals surface area (Å²) in [7, 11) is 5.41. The van der Waals surface area contributed by atoms with Crippen LogP contribution in [0.5, 0.6) is 11.5 Å². The molecule has 0 aliphatic heterocycles. The van der Waals surface area contributed by atoms with Gasteiger partial charge in [-0.15, -0.1) is 0 Å². The summed E-state index contributed by atoms with van der Waals surface area (Å²) in [5.41, 5.74) is 2.69. The molecule has 18 heavy (non-hydrogen) atoms. The van der Waals surface area contributed by atoms with Crippen LogP contribution < -0.4 is 14.8 Å². The van der Waals surface area contributed by atoms with Crippen molar-refractivity contribution in [3.05, 3.63) is 23.3 Å². The van der Waals surface area contributed by atoms with Crippen molar-refractivity contribution in [1.29, 1.82) is 0 Å². The highest BCUT2D eigenvalue weighted by Gasteiger charge is 2.38. The molecule has 0 amide bonds. The van der Waals surface area contributed by atoms with Gasteiger partial charge in [0.15, 0.2) is 11.5 Å². The molecule has 0 spiro atoms. The van der Waals surface area contributed by atoms with E-state index in [4.69, 9.17) is 9.47 Å². The fourth-order valence-corrected chi connectivity index (χ4v) is 2.97. The largest absolute Gasteiger partial charge is 0.493 e. The smallest absolute Gasteiger partial charge is 0.161 e. The third-order valence-electron chi connectivity index (χ3n) is 4.32. The first-order valence-corrected chi connectivity index (χ1v) is 6.52. The van der Waals surface area contributed by atoms with E-state index in [1.54, 1.807) is 14.2 Å². The Hall–Kier alpha value is -1.22. The molecule has 1 aliphatic rings. The average Bonchev–Trinajstić information content (AvgIpc) is 2.38. The van der Waals surface area contributed by atoms with Gasteiger partial charge < -0.3 is 14.8 Å². The number of rotatable bonds is 4. The van der Waals surface area contributed by atoms with Gasteiger partial charge in [-0.05, 0) is 55.5 Å². The lowest BCUT2D eigenvalue weighted by Gasteiger charge is -2.43. The Morgan fingerprint density at radius 3 is 2.28 bits per heavy atom. The van der Waals surface area contributed by atoms with Gasteiger partial charge in [0, 0.05) is 6.04 Å². The van der Waals surface area contributed by atoms with Crippen molar-refractivity contribution in [1.82, 2.24) is 5.32 Å². The SMILES string of the molecule is CNC1CC(c2cc(OC)c(OC)cc2C)C1C. The van der Waals surface area contributed by atoms with Crippen LogP contribution in [-0.2, 0) is 0 Å². The first-order valence-electron chi connectivity index (χ1n) is 6.52. The van der Waals surface area contributed by atoms with Crippen molar-refractivity contribution in [2.75, 3.05) is 21.3 Å². The second kappa shape index (κ2) is 5.19. The fraction of sp³-hybridized carbons (Fsp3) is 0.600. The monoisotopic (exact) mass is 249 g/mol. The number of ether oxygens (including phenoxy) is 2. The molecular formula is C15H23NO2. The third kappa shape index (κ3) is 2.07. The third-order valence-corrected chi connectivity index (χ3v) is 4.32. The molecule has 3 nitrogen and oxygen atoms in total. The van der Waals surface area contributed by atoms with Gasteiger partial charge in [-0.2, -0.15) is 0 Å². The summed E-state index contributed by atoms with van der Waals surface area (Å²) in [6.45, 7) is 4.46. The number of nitrogens with one attached hydrogen (secondary N) is 1. The van der Waals surface area contributed by atoms with Crippen molar-refractivity contribution in [2.45, 2.75) is 32.2 Å². The van der Waals surface area contributed by atoms with Crippen molar-refractivity contribution in [3.63, 3.8) is 0 Å². The van der Waals surface area contributed by atoms with Crippen molar-refractivity contribution in [2.24, 2.45) is 5.92 Å². The highest BCUT2D eigenvalue weighted by molar-refractivity contribution is 5.49. The fourth-order valence-electron chi connectivity index (χ4n) is 2.97. The Morgan fingerprint density at radius 2 is 1.78 bits per heavy atom. The second-order valence-corrected chi connectivity index (χ2v) is 5.16. The predicted octanol–water partition coefficient (Wildman–Crippen LogP) is 2.72. The zero-order valence-corrected chi connectivity index (χ0v) is 11.9. The molecule has 3 atom stereocenters. The minimum atomic E-state index is 0.627. The number of aryl methyl sites for hydroxylation is 1. The molecule has 1 aromatic rings. The molecule has 0 saturated heterocycles. The van der Waals surface area contributed by atoms with Gasteiger partial charge in [-0.1, -0.05) is 6.92 Å². The quantitative estimate of drug-likeness (QED) is 0.890. The molecule has 0 heterocycles. The first-order chi connectivity index (χ1) is 8.62. The Labute approximate surface area is 109 Å². The summed E-state index contributed by atoms with van der Waals surface area (Å²) < 4.78 is 10.7. The minimum Gasteiger partial charge on any atom is -0.493 e. The molecule has 1 aromatic carbocycles. The van der Waals surface area contributed by atoms with Gasteiger partial charge in [0.25, 0.3) is 0 Å². The number of benzene rings is 1. The van der Waals surface area contributed by atoms with Gasteiger partial charge in [0.1, 0.15) is 0 Å². The Bertz CT molecular complexity index is 431. The Balaban J connectivity index is 2.29. The van der Waals surface area contributed by atoms with E-state index in [9.17, 15) is 0 Å². The van der Waals surface area contributed by atoms with Crippen molar-refractivity contribution < 1.29 is 9.47 Å². The summed E-state index contributed by atoms with van der Waals surface area (Å²) in [5, 5.41) is 3.37. The topological polar surface area (TPSA) is 30.5 Å². The summed E-state index contributed by atoms with van der Waals surface area (Å²) in [5.74, 6) is 2.95. The molecule has 3 unspecified atom stereocenters. The maximum atomic E-state index is 5.40. The number of hydrogen-bond donors (Lipinski definition) is 1. The average molecular weight is 249 g/mol. The standard InChI is InChI=1S/C15H23NO2/c1-9-6-14(17-4)15(18-5)8-11(9)12-7-13(16-3)10(12)2/h6,8,10,12-13,16H,7H2,1-5H3. The van der Waals surface area contributed by atoms with Crippen LogP contribution in [0, 0.1) is 12.8 Å². The van der Waals surface area contributed by atoms with Crippen LogP contribution >= 0.6 is 0 Å².